The van der Waals surface area contributed by atoms with Gasteiger partial charge in [-0.05, 0) is 30.3 Å². The van der Waals surface area contributed by atoms with Gasteiger partial charge < -0.3 is 19.2 Å². The smallest absolute Gasteiger partial charge is 0.235 e. The van der Waals surface area contributed by atoms with E-state index < -0.39 is 0 Å². The highest BCUT2D eigenvalue weighted by molar-refractivity contribution is 5.92. The molecule has 6 heteroatoms. The van der Waals surface area contributed by atoms with E-state index in [1.165, 1.54) is 14.0 Å². The van der Waals surface area contributed by atoms with Gasteiger partial charge in [0, 0.05) is 12.6 Å². The van der Waals surface area contributed by atoms with Crippen molar-refractivity contribution in [1.29, 1.82) is 0 Å². The third kappa shape index (κ3) is 3.06. The van der Waals surface area contributed by atoms with E-state index in [0.717, 1.165) is 0 Å². The van der Waals surface area contributed by atoms with Crippen molar-refractivity contribution in [1.82, 2.24) is 0 Å². The van der Waals surface area contributed by atoms with Gasteiger partial charge in [-0.1, -0.05) is 12.1 Å². The van der Waals surface area contributed by atoms with Crippen LogP contribution in [0.15, 0.2) is 51.7 Å². The normalized spacial score (nSPS) is 10.5. The number of methoxy groups -OCH3 is 2. The van der Waals surface area contributed by atoms with Crippen molar-refractivity contribution in [3.05, 3.63) is 52.7 Å². The lowest BCUT2D eigenvalue weighted by Crippen LogP contribution is -2.10. The summed E-state index contributed by atoms with van der Waals surface area (Å²) in [5.41, 5.74) is 1.20. The fourth-order valence-electron chi connectivity index (χ4n) is 2.65. The molecular formula is C19H17NO5. The number of carbonyl (C=O) groups is 1. The molecule has 3 aromatic rings. The van der Waals surface area contributed by atoms with Gasteiger partial charge in [0.05, 0.1) is 25.2 Å². The molecule has 3 rings (SSSR count). The van der Waals surface area contributed by atoms with Crippen molar-refractivity contribution in [3.63, 3.8) is 0 Å². The third-order valence-electron chi connectivity index (χ3n) is 3.72. The van der Waals surface area contributed by atoms with E-state index in [4.69, 9.17) is 13.9 Å². The lowest BCUT2D eigenvalue weighted by molar-refractivity contribution is -0.114. The fraction of sp³-hybridized carbons (Fsp3) is 0.158. The minimum absolute atomic E-state index is 0.0805. The van der Waals surface area contributed by atoms with E-state index in [2.05, 4.69) is 5.32 Å². The van der Waals surface area contributed by atoms with E-state index in [0.29, 0.717) is 33.7 Å². The summed E-state index contributed by atoms with van der Waals surface area (Å²) in [5.74, 6) is 0.723. The second kappa shape index (κ2) is 6.68. The number of ether oxygens (including phenoxy) is 2. The van der Waals surface area contributed by atoms with Crippen LogP contribution in [0.2, 0.25) is 0 Å². The molecule has 0 aliphatic carbocycles. The number of rotatable bonds is 4. The topological polar surface area (TPSA) is 77.8 Å². The van der Waals surface area contributed by atoms with E-state index in [1.54, 1.807) is 37.4 Å². The first-order chi connectivity index (χ1) is 12.0. The van der Waals surface area contributed by atoms with Gasteiger partial charge in [-0.2, -0.15) is 0 Å². The largest absolute Gasteiger partial charge is 0.496 e. The summed E-state index contributed by atoms with van der Waals surface area (Å²) < 4.78 is 16.6. The minimum Gasteiger partial charge on any atom is -0.496 e. The molecule has 0 atom stereocenters. The number of carbonyl (C=O) groups excluding carboxylic acids is 1. The van der Waals surface area contributed by atoms with E-state index in [9.17, 15) is 9.59 Å². The van der Waals surface area contributed by atoms with Crippen molar-refractivity contribution in [2.75, 3.05) is 19.5 Å². The number of benzene rings is 2. The number of amides is 1. The quantitative estimate of drug-likeness (QED) is 0.788. The molecule has 0 spiro atoms. The van der Waals surface area contributed by atoms with Crippen LogP contribution < -0.4 is 20.2 Å². The maximum atomic E-state index is 12.9. The standard InChI is InChI=1S/C19H17NO5/c1-11(21)20-12-8-9-16-14(10-12)17(22)19(24-3)18(25-16)13-6-4-5-7-15(13)23-2/h4-10H,1-3H3,(H,20,21). The highest BCUT2D eigenvalue weighted by atomic mass is 16.5. The van der Waals surface area contributed by atoms with Gasteiger partial charge in [0.25, 0.3) is 0 Å². The third-order valence-corrected chi connectivity index (χ3v) is 3.72. The zero-order valence-corrected chi connectivity index (χ0v) is 14.1. The number of hydrogen-bond acceptors (Lipinski definition) is 5. The lowest BCUT2D eigenvalue weighted by atomic mass is 10.1. The van der Waals surface area contributed by atoms with Gasteiger partial charge in [-0.3, -0.25) is 9.59 Å². The SMILES string of the molecule is COc1ccccc1-c1oc2ccc(NC(C)=O)cc2c(=O)c1OC. The Balaban J connectivity index is 2.28. The molecule has 0 bridgehead atoms. The van der Waals surface area contributed by atoms with E-state index >= 15 is 0 Å². The van der Waals surface area contributed by atoms with Crippen LogP contribution in [0, 0.1) is 0 Å². The molecule has 2 aromatic carbocycles. The van der Waals surface area contributed by atoms with Crippen LogP contribution >= 0.6 is 0 Å². The number of hydrogen-bond donors (Lipinski definition) is 1. The van der Waals surface area contributed by atoms with Gasteiger partial charge in [-0.15, -0.1) is 0 Å². The Bertz CT molecular complexity index is 1010. The Morgan fingerprint density at radius 1 is 1.08 bits per heavy atom. The van der Waals surface area contributed by atoms with Crippen LogP contribution in [-0.2, 0) is 4.79 Å². The van der Waals surface area contributed by atoms with Crippen LogP contribution in [0.5, 0.6) is 11.5 Å². The molecule has 1 N–H and O–H groups in total. The maximum Gasteiger partial charge on any atom is 0.235 e. The maximum absolute atomic E-state index is 12.9. The van der Waals surface area contributed by atoms with Gasteiger partial charge in [-0.25, -0.2) is 0 Å². The second-order valence-corrected chi connectivity index (χ2v) is 5.39. The molecule has 0 fully saturated rings. The molecule has 0 saturated heterocycles. The van der Waals surface area contributed by atoms with Crippen LogP contribution in [0.4, 0.5) is 5.69 Å². The van der Waals surface area contributed by atoms with Crippen molar-refractivity contribution < 1.29 is 18.7 Å². The summed E-state index contributed by atoms with van der Waals surface area (Å²) in [6.45, 7) is 1.40. The predicted molar refractivity (Wildman–Crippen MR) is 95.3 cm³/mol. The summed E-state index contributed by atoms with van der Waals surface area (Å²) in [7, 11) is 2.96. The van der Waals surface area contributed by atoms with Gasteiger partial charge in [0.1, 0.15) is 11.3 Å². The zero-order valence-electron chi connectivity index (χ0n) is 14.1. The number of para-hydroxylation sites is 1. The molecule has 1 heterocycles. The summed E-state index contributed by atoms with van der Waals surface area (Å²) in [5, 5.41) is 2.97. The molecule has 0 unspecified atom stereocenters. The van der Waals surface area contributed by atoms with Gasteiger partial charge >= 0.3 is 0 Å². The number of fused-ring (bicyclic) bond motifs is 1. The van der Waals surface area contributed by atoms with Gasteiger partial charge in [0.2, 0.25) is 17.1 Å². The van der Waals surface area contributed by atoms with Crippen molar-refractivity contribution in [2.45, 2.75) is 6.92 Å². The van der Waals surface area contributed by atoms with Gasteiger partial charge in [0.15, 0.2) is 5.76 Å². The predicted octanol–water partition coefficient (Wildman–Crippen LogP) is 3.44. The first-order valence-electron chi connectivity index (χ1n) is 7.61. The molecule has 1 aromatic heterocycles. The Kier molecular flexibility index (Phi) is 4.43. The molecule has 6 nitrogen and oxygen atoms in total. The average molecular weight is 339 g/mol. The van der Waals surface area contributed by atoms with Crippen molar-refractivity contribution in [2.24, 2.45) is 0 Å². The molecule has 0 radical (unpaired) electrons. The second-order valence-electron chi connectivity index (χ2n) is 5.39. The molecule has 25 heavy (non-hydrogen) atoms. The molecule has 0 aliphatic heterocycles. The summed E-state index contributed by atoms with van der Waals surface area (Å²) in [6, 6.07) is 12.1. The van der Waals surface area contributed by atoms with Crippen molar-refractivity contribution in [3.8, 4) is 22.8 Å². The molecule has 1 amide bonds. The minimum atomic E-state index is -0.322. The molecular weight excluding hydrogens is 322 g/mol. The van der Waals surface area contributed by atoms with Crippen LogP contribution in [0.3, 0.4) is 0 Å². The molecule has 0 saturated carbocycles. The zero-order chi connectivity index (χ0) is 18.0. The fourth-order valence-corrected chi connectivity index (χ4v) is 2.65. The summed E-state index contributed by atoms with van der Waals surface area (Å²) in [4.78, 5) is 24.1. The Labute approximate surface area is 144 Å². The Morgan fingerprint density at radius 2 is 1.84 bits per heavy atom. The average Bonchev–Trinajstić information content (AvgIpc) is 2.61. The monoisotopic (exact) mass is 339 g/mol. The van der Waals surface area contributed by atoms with Crippen molar-refractivity contribution >= 4 is 22.6 Å². The summed E-state index contributed by atoms with van der Waals surface area (Å²) in [6.07, 6.45) is 0. The first kappa shape index (κ1) is 16.6. The Hall–Kier alpha value is -3.28. The highest BCUT2D eigenvalue weighted by Gasteiger charge is 2.19. The Morgan fingerprint density at radius 3 is 2.52 bits per heavy atom. The van der Waals surface area contributed by atoms with Crippen LogP contribution in [0.25, 0.3) is 22.3 Å². The van der Waals surface area contributed by atoms with Crippen LogP contribution in [-0.4, -0.2) is 20.1 Å². The van der Waals surface area contributed by atoms with Crippen LogP contribution in [0.1, 0.15) is 6.92 Å². The molecule has 0 aliphatic rings. The summed E-state index contributed by atoms with van der Waals surface area (Å²) >= 11 is 0. The van der Waals surface area contributed by atoms with E-state index in [-0.39, 0.29) is 17.1 Å². The number of anilines is 1. The highest BCUT2D eigenvalue weighted by Crippen LogP contribution is 2.36. The lowest BCUT2D eigenvalue weighted by Gasteiger charge is -2.12. The van der Waals surface area contributed by atoms with E-state index in [1.807, 2.05) is 12.1 Å². The number of nitrogens with one attached hydrogen (secondary N) is 1. The first-order valence-corrected chi connectivity index (χ1v) is 7.61. The molecule has 128 valence electrons.